The third kappa shape index (κ3) is 7.66. The Bertz CT molecular complexity index is 1340. The van der Waals surface area contributed by atoms with Crippen LogP contribution in [0.15, 0.2) is 54.7 Å². The van der Waals surface area contributed by atoms with E-state index in [1.165, 1.54) is 23.1 Å². The van der Waals surface area contributed by atoms with Crippen LogP contribution in [0.3, 0.4) is 0 Å². The minimum Gasteiger partial charge on any atom is -0.483 e. The Kier molecular flexibility index (Phi) is 9.91. The van der Waals surface area contributed by atoms with Gasteiger partial charge < -0.3 is 20.7 Å². The lowest BCUT2D eigenvalue weighted by molar-refractivity contribution is -0.120. The number of benzene rings is 2. The first-order chi connectivity index (χ1) is 20.0. The Morgan fingerprint density at radius 2 is 1.78 bits per heavy atom. The number of pyridine rings is 1. The minimum atomic E-state index is -0.431. The summed E-state index contributed by atoms with van der Waals surface area (Å²) >= 11 is 5.96. The zero-order valence-electron chi connectivity index (χ0n) is 23.5. The Hall–Kier alpha value is -3.42. The number of nitrogens with two attached hydrogens (primary N) is 1. The summed E-state index contributed by atoms with van der Waals surface area (Å²) in [6.07, 6.45) is 10.2. The van der Waals surface area contributed by atoms with E-state index >= 15 is 0 Å². The summed E-state index contributed by atoms with van der Waals surface area (Å²) in [5, 5.41) is 3.70. The number of unbranched alkanes of at least 4 members (excludes halogenated alkanes) is 1. The molecule has 0 radical (unpaired) electrons. The summed E-state index contributed by atoms with van der Waals surface area (Å²) in [4.78, 5) is 31.0. The monoisotopic (exact) mass is 574 g/mol. The van der Waals surface area contributed by atoms with Crippen molar-refractivity contribution in [2.24, 2.45) is 5.73 Å². The highest BCUT2D eigenvalue weighted by atomic mass is 35.5. The van der Waals surface area contributed by atoms with Crippen LogP contribution in [0.1, 0.15) is 71.5 Å². The molecule has 0 atom stereocenters. The number of nitrogens with zero attached hydrogens (tertiary/aromatic N) is 2. The van der Waals surface area contributed by atoms with E-state index in [0.29, 0.717) is 23.0 Å². The summed E-state index contributed by atoms with van der Waals surface area (Å²) in [5.74, 6) is 0.824. The van der Waals surface area contributed by atoms with Crippen molar-refractivity contribution >= 4 is 23.4 Å². The molecule has 2 aliphatic rings. The number of ether oxygens (including phenoxy) is 1. The van der Waals surface area contributed by atoms with Gasteiger partial charge >= 0.3 is 0 Å². The van der Waals surface area contributed by atoms with Gasteiger partial charge in [0.2, 0.25) is 0 Å². The third-order valence-corrected chi connectivity index (χ3v) is 8.50. The number of amides is 2. The van der Waals surface area contributed by atoms with Gasteiger partial charge in [-0.15, -0.1) is 0 Å². The zero-order chi connectivity index (χ0) is 28.6. The quantitative estimate of drug-likeness (QED) is 0.293. The van der Waals surface area contributed by atoms with Gasteiger partial charge in [0, 0.05) is 23.3 Å². The molecule has 2 amide bonds. The van der Waals surface area contributed by atoms with Gasteiger partial charge in [0.05, 0.1) is 11.3 Å². The Morgan fingerprint density at radius 3 is 2.51 bits per heavy atom. The van der Waals surface area contributed by atoms with E-state index in [1.54, 1.807) is 6.20 Å². The number of aromatic nitrogens is 1. The van der Waals surface area contributed by atoms with E-state index in [1.807, 2.05) is 36.4 Å². The second-order valence-electron chi connectivity index (χ2n) is 11.1. The molecule has 8 heteroatoms. The van der Waals surface area contributed by atoms with Gasteiger partial charge in [0.1, 0.15) is 5.75 Å². The maximum atomic E-state index is 12.6. The number of carbonyl (C=O) groups is 2. The summed E-state index contributed by atoms with van der Waals surface area (Å²) in [6.45, 7) is 3.67. The number of aryl methyl sites for hydroxylation is 1. The van der Waals surface area contributed by atoms with Crippen LogP contribution in [0.2, 0.25) is 5.02 Å². The van der Waals surface area contributed by atoms with Crippen molar-refractivity contribution in [2.75, 3.05) is 32.8 Å². The smallest absolute Gasteiger partial charge is 0.255 e. The molecule has 7 nitrogen and oxygen atoms in total. The number of primary amides is 1. The van der Waals surface area contributed by atoms with Gasteiger partial charge in [-0.1, -0.05) is 35.9 Å². The molecule has 0 bridgehead atoms. The third-order valence-electron chi connectivity index (χ3n) is 8.25. The van der Waals surface area contributed by atoms with Crippen LogP contribution >= 0.6 is 11.6 Å². The number of fused-ring (bicyclic) bond motifs is 1. The van der Waals surface area contributed by atoms with Gasteiger partial charge in [-0.3, -0.25) is 14.6 Å². The number of halogens is 1. The molecule has 0 unspecified atom stereocenters. The van der Waals surface area contributed by atoms with E-state index in [9.17, 15) is 9.59 Å². The van der Waals surface area contributed by atoms with Crippen LogP contribution in [-0.4, -0.2) is 54.5 Å². The van der Waals surface area contributed by atoms with Crippen molar-refractivity contribution in [1.82, 2.24) is 15.2 Å². The van der Waals surface area contributed by atoms with Gasteiger partial charge in [0.15, 0.2) is 6.61 Å². The number of likely N-dealkylation sites (tertiary alicyclic amines) is 1. The van der Waals surface area contributed by atoms with Crippen molar-refractivity contribution < 1.29 is 14.3 Å². The van der Waals surface area contributed by atoms with Gasteiger partial charge in [-0.25, -0.2) is 0 Å². The van der Waals surface area contributed by atoms with Crippen molar-refractivity contribution in [3.63, 3.8) is 0 Å². The van der Waals surface area contributed by atoms with Crippen molar-refractivity contribution in [3.8, 4) is 17.0 Å². The van der Waals surface area contributed by atoms with E-state index in [4.69, 9.17) is 22.1 Å². The molecule has 3 aromatic rings. The Morgan fingerprint density at radius 1 is 1.00 bits per heavy atom. The predicted octanol–water partition coefficient (Wildman–Crippen LogP) is 5.53. The number of piperidine rings is 1. The number of carbonyl (C=O) groups excluding carboxylic acids is 2. The molecule has 5 rings (SSSR count). The molecular formula is C33H39ClN4O3. The second kappa shape index (κ2) is 14.0. The maximum Gasteiger partial charge on any atom is 0.255 e. The van der Waals surface area contributed by atoms with Crippen LogP contribution in [0.25, 0.3) is 11.3 Å². The van der Waals surface area contributed by atoms with E-state index in [-0.39, 0.29) is 12.5 Å². The molecule has 1 aliphatic heterocycles. The molecule has 2 aromatic carbocycles. The first kappa shape index (κ1) is 29.1. The SMILES string of the molecule is NC(=O)COc1c(C2CCN(CCCCNC(=O)c3ccc(-c4ccc(Cl)cc4)nc3)CC2)ccc2c1CCCC2. The highest BCUT2D eigenvalue weighted by Gasteiger charge is 2.26. The molecule has 1 aromatic heterocycles. The van der Waals surface area contributed by atoms with Crippen molar-refractivity contribution in [2.45, 2.75) is 57.3 Å². The van der Waals surface area contributed by atoms with E-state index < -0.39 is 5.91 Å². The average Bonchev–Trinajstić information content (AvgIpc) is 3.00. The van der Waals surface area contributed by atoms with Crippen molar-refractivity contribution in [1.29, 1.82) is 0 Å². The zero-order valence-corrected chi connectivity index (χ0v) is 24.3. The normalized spacial score (nSPS) is 15.7. The summed E-state index contributed by atoms with van der Waals surface area (Å²) in [7, 11) is 0. The molecule has 1 fully saturated rings. The van der Waals surface area contributed by atoms with Crippen LogP contribution in [0.5, 0.6) is 5.75 Å². The molecule has 1 saturated heterocycles. The van der Waals surface area contributed by atoms with Gasteiger partial charge in [-0.05, 0) is 118 Å². The summed E-state index contributed by atoms with van der Waals surface area (Å²) in [5.41, 5.74) is 11.6. The number of hydrogen-bond acceptors (Lipinski definition) is 5. The summed E-state index contributed by atoms with van der Waals surface area (Å²) in [6, 6.07) is 15.7. The molecule has 0 spiro atoms. The van der Waals surface area contributed by atoms with Gasteiger partial charge in [0.25, 0.3) is 11.8 Å². The Balaban J connectivity index is 1.04. The average molecular weight is 575 g/mol. The van der Waals surface area contributed by atoms with Crippen LogP contribution < -0.4 is 15.8 Å². The van der Waals surface area contributed by atoms with Gasteiger partial charge in [-0.2, -0.15) is 0 Å². The lowest BCUT2D eigenvalue weighted by Gasteiger charge is -2.34. The van der Waals surface area contributed by atoms with Crippen LogP contribution in [0, 0.1) is 0 Å². The molecule has 41 heavy (non-hydrogen) atoms. The second-order valence-corrected chi connectivity index (χ2v) is 11.5. The maximum absolute atomic E-state index is 12.6. The first-order valence-corrected chi connectivity index (χ1v) is 15.1. The number of nitrogens with one attached hydrogen (secondary N) is 1. The van der Waals surface area contributed by atoms with Crippen LogP contribution in [0.4, 0.5) is 0 Å². The molecule has 2 heterocycles. The predicted molar refractivity (Wildman–Crippen MR) is 162 cm³/mol. The molecule has 3 N–H and O–H groups in total. The molecule has 216 valence electrons. The first-order valence-electron chi connectivity index (χ1n) is 14.8. The fourth-order valence-electron chi connectivity index (χ4n) is 6.00. The highest BCUT2D eigenvalue weighted by Crippen LogP contribution is 2.40. The molecular weight excluding hydrogens is 536 g/mol. The standard InChI is InChI=1S/C33H39ClN4O3/c34-27-11-7-25(8-12-27)30-14-10-26(21-37-30)33(40)36-17-3-4-18-38-19-15-24(16-20-38)29-13-9-23-5-1-2-6-28(23)32(29)41-22-31(35)39/h7-14,21,24H,1-6,15-20,22H2,(H2,35,39)(H,36,40). The van der Waals surface area contributed by atoms with E-state index in [0.717, 1.165) is 81.6 Å². The number of rotatable bonds is 11. The summed E-state index contributed by atoms with van der Waals surface area (Å²) < 4.78 is 6.02. The largest absolute Gasteiger partial charge is 0.483 e. The Labute approximate surface area is 247 Å². The fraction of sp³-hybridized carbons (Fsp3) is 0.424. The van der Waals surface area contributed by atoms with Crippen LogP contribution in [-0.2, 0) is 17.6 Å². The lowest BCUT2D eigenvalue weighted by Crippen LogP contribution is -2.34. The minimum absolute atomic E-state index is 0.0654. The lowest BCUT2D eigenvalue weighted by atomic mass is 9.83. The van der Waals surface area contributed by atoms with E-state index in [2.05, 4.69) is 27.3 Å². The molecule has 0 saturated carbocycles. The molecule has 1 aliphatic carbocycles. The fourth-order valence-corrected chi connectivity index (χ4v) is 6.13. The number of hydrogen-bond donors (Lipinski definition) is 2. The van der Waals surface area contributed by atoms with Crippen molar-refractivity contribution in [3.05, 3.63) is 82.0 Å². The topological polar surface area (TPSA) is 97.5 Å². The highest BCUT2D eigenvalue weighted by molar-refractivity contribution is 6.30.